The van der Waals surface area contributed by atoms with Crippen LogP contribution < -0.4 is 10.6 Å². The van der Waals surface area contributed by atoms with E-state index in [2.05, 4.69) is 25.6 Å². The number of hydrogen-bond donors (Lipinski definition) is 2. The van der Waals surface area contributed by atoms with Crippen molar-refractivity contribution in [2.24, 2.45) is 0 Å². The minimum absolute atomic E-state index is 0.0953. The predicted octanol–water partition coefficient (Wildman–Crippen LogP) is 3.43. The van der Waals surface area contributed by atoms with E-state index in [0.717, 1.165) is 11.1 Å². The van der Waals surface area contributed by atoms with Crippen LogP contribution in [0.2, 0.25) is 0 Å². The number of hydrogen-bond acceptors (Lipinski definition) is 8. The van der Waals surface area contributed by atoms with Crippen molar-refractivity contribution in [1.82, 2.24) is 15.0 Å². The fourth-order valence-electron chi connectivity index (χ4n) is 2.75. The predicted molar refractivity (Wildman–Crippen MR) is 103 cm³/mol. The first-order valence-electron chi connectivity index (χ1n) is 8.38. The number of aryl methyl sites for hydroxylation is 1. The van der Waals surface area contributed by atoms with Gasteiger partial charge in [-0.2, -0.15) is 0 Å². The van der Waals surface area contributed by atoms with E-state index in [0.29, 0.717) is 17.8 Å². The van der Waals surface area contributed by atoms with Crippen LogP contribution in [0.25, 0.3) is 10.9 Å². The molecule has 0 aliphatic heterocycles. The first-order chi connectivity index (χ1) is 13.0. The number of aromatic nitrogens is 3. The zero-order chi connectivity index (χ0) is 19.4. The molecule has 9 heteroatoms. The van der Waals surface area contributed by atoms with Crippen molar-refractivity contribution in [3.05, 3.63) is 52.5 Å². The van der Waals surface area contributed by atoms with Crippen LogP contribution in [-0.2, 0) is 4.74 Å². The highest BCUT2D eigenvalue weighted by atomic mass is 16.6. The first-order valence-corrected chi connectivity index (χ1v) is 8.38. The normalized spacial score (nSPS) is 12.0. The number of fused-ring (bicyclic) bond motifs is 1. The Morgan fingerprint density at radius 2 is 2.00 bits per heavy atom. The van der Waals surface area contributed by atoms with Crippen molar-refractivity contribution in [3.8, 4) is 0 Å². The molecule has 3 rings (SSSR count). The second-order valence-electron chi connectivity index (χ2n) is 6.13. The molecule has 9 nitrogen and oxygen atoms in total. The molecule has 0 saturated heterocycles. The van der Waals surface area contributed by atoms with Gasteiger partial charge in [-0.05, 0) is 26.0 Å². The van der Waals surface area contributed by atoms with Gasteiger partial charge in [0.25, 0.3) is 0 Å². The lowest BCUT2D eigenvalue weighted by Crippen LogP contribution is -2.22. The molecule has 27 heavy (non-hydrogen) atoms. The van der Waals surface area contributed by atoms with Gasteiger partial charge in [0.2, 0.25) is 11.6 Å². The quantitative estimate of drug-likeness (QED) is 0.481. The van der Waals surface area contributed by atoms with E-state index < -0.39 is 4.92 Å². The molecule has 0 fully saturated rings. The monoisotopic (exact) mass is 368 g/mol. The molecule has 0 amide bonds. The standard InChI is InChI=1S/C18H20N6O3/c1-11-7-8-13-5-4-6-14(15(13)21-11)23-18-16(24(25)26)17(19-10-20-18)22-12(2)9-27-3/h4-8,10,12H,9H2,1-3H3,(H2,19,20,22,23). The maximum Gasteiger partial charge on any atom is 0.353 e. The Kier molecular flexibility index (Phi) is 5.41. The third-order valence-electron chi connectivity index (χ3n) is 3.92. The highest BCUT2D eigenvalue weighted by molar-refractivity contribution is 5.93. The second-order valence-corrected chi connectivity index (χ2v) is 6.13. The summed E-state index contributed by atoms with van der Waals surface area (Å²) in [5.41, 5.74) is 1.97. The number of nitro groups is 1. The van der Waals surface area contributed by atoms with E-state index in [1.165, 1.54) is 6.33 Å². The third-order valence-corrected chi connectivity index (χ3v) is 3.92. The number of anilines is 3. The average molecular weight is 368 g/mol. The van der Waals surface area contributed by atoms with Gasteiger partial charge in [0.05, 0.1) is 22.7 Å². The average Bonchev–Trinajstić information content (AvgIpc) is 2.62. The number of methoxy groups -OCH3 is 1. The Balaban J connectivity index is 2.02. The first kappa shape index (κ1) is 18.5. The van der Waals surface area contributed by atoms with Crippen molar-refractivity contribution in [2.45, 2.75) is 19.9 Å². The molecule has 0 aliphatic rings. The Hall–Kier alpha value is -3.33. The third kappa shape index (κ3) is 4.09. The van der Waals surface area contributed by atoms with Gasteiger partial charge in [0.15, 0.2) is 0 Å². The van der Waals surface area contributed by atoms with Crippen LogP contribution in [0.1, 0.15) is 12.6 Å². The molecule has 0 spiro atoms. The summed E-state index contributed by atoms with van der Waals surface area (Å²) < 4.78 is 5.06. The molecule has 140 valence electrons. The maximum absolute atomic E-state index is 11.7. The molecule has 2 N–H and O–H groups in total. The largest absolute Gasteiger partial charge is 0.383 e. The van der Waals surface area contributed by atoms with Crippen molar-refractivity contribution in [3.63, 3.8) is 0 Å². The zero-order valence-corrected chi connectivity index (χ0v) is 15.3. The molecule has 0 bridgehead atoms. The summed E-state index contributed by atoms with van der Waals surface area (Å²) in [4.78, 5) is 23.8. The van der Waals surface area contributed by atoms with Crippen molar-refractivity contribution >= 4 is 33.9 Å². The van der Waals surface area contributed by atoms with Crippen LogP contribution in [0.5, 0.6) is 0 Å². The SMILES string of the molecule is COCC(C)Nc1ncnc(Nc2cccc3ccc(C)nc23)c1[N+](=O)[O-]. The fraction of sp³-hybridized carbons (Fsp3) is 0.278. The Labute approximate surface area is 156 Å². The van der Waals surface area contributed by atoms with Crippen molar-refractivity contribution in [1.29, 1.82) is 0 Å². The lowest BCUT2D eigenvalue weighted by Gasteiger charge is -2.15. The molecule has 1 atom stereocenters. The van der Waals surface area contributed by atoms with Gasteiger partial charge >= 0.3 is 5.69 Å². The topological polar surface area (TPSA) is 115 Å². The second kappa shape index (κ2) is 7.92. The lowest BCUT2D eigenvalue weighted by atomic mass is 10.1. The summed E-state index contributed by atoms with van der Waals surface area (Å²) in [5.74, 6) is 0.226. The summed E-state index contributed by atoms with van der Waals surface area (Å²) in [6, 6.07) is 9.31. The molecule has 0 aliphatic carbocycles. The van der Waals surface area contributed by atoms with Crippen molar-refractivity contribution < 1.29 is 9.66 Å². The number of nitrogens with zero attached hydrogens (tertiary/aromatic N) is 4. The van der Waals surface area contributed by atoms with Gasteiger partial charge in [0, 0.05) is 24.2 Å². The molecule has 1 unspecified atom stereocenters. The molecule has 1 aromatic carbocycles. The van der Waals surface area contributed by atoms with Crippen LogP contribution in [-0.4, -0.2) is 39.6 Å². The van der Waals surface area contributed by atoms with Gasteiger partial charge in [-0.1, -0.05) is 18.2 Å². The van der Waals surface area contributed by atoms with Gasteiger partial charge < -0.3 is 15.4 Å². The van der Waals surface area contributed by atoms with Gasteiger partial charge in [0.1, 0.15) is 6.33 Å². The number of para-hydroxylation sites is 1. The number of ether oxygens (including phenoxy) is 1. The van der Waals surface area contributed by atoms with E-state index >= 15 is 0 Å². The number of rotatable bonds is 7. The smallest absolute Gasteiger partial charge is 0.353 e. The van der Waals surface area contributed by atoms with E-state index in [-0.39, 0.29) is 23.4 Å². The van der Waals surface area contributed by atoms with E-state index in [9.17, 15) is 10.1 Å². The van der Waals surface area contributed by atoms with E-state index in [4.69, 9.17) is 4.74 Å². The van der Waals surface area contributed by atoms with Gasteiger partial charge in [-0.3, -0.25) is 15.1 Å². The summed E-state index contributed by atoms with van der Waals surface area (Å²) >= 11 is 0. The Morgan fingerprint density at radius 3 is 2.74 bits per heavy atom. The molecule has 0 radical (unpaired) electrons. The molecular formula is C18H20N6O3. The van der Waals surface area contributed by atoms with Crippen LogP contribution in [0.3, 0.4) is 0 Å². The summed E-state index contributed by atoms with van der Waals surface area (Å²) in [5, 5.41) is 18.6. The molecule has 0 saturated carbocycles. The summed E-state index contributed by atoms with van der Waals surface area (Å²) in [7, 11) is 1.56. The minimum Gasteiger partial charge on any atom is -0.383 e. The number of pyridine rings is 1. The van der Waals surface area contributed by atoms with E-state index in [1.807, 2.05) is 38.1 Å². The highest BCUT2D eigenvalue weighted by Crippen LogP contribution is 2.33. The van der Waals surface area contributed by atoms with Crippen LogP contribution in [0.15, 0.2) is 36.7 Å². The van der Waals surface area contributed by atoms with Crippen molar-refractivity contribution in [2.75, 3.05) is 24.4 Å². The maximum atomic E-state index is 11.7. The molecule has 3 aromatic rings. The van der Waals surface area contributed by atoms with Gasteiger partial charge in [-0.15, -0.1) is 0 Å². The van der Waals surface area contributed by atoms with Gasteiger partial charge in [-0.25, -0.2) is 9.97 Å². The number of nitrogens with one attached hydrogen (secondary N) is 2. The minimum atomic E-state index is -0.506. The molecule has 2 aromatic heterocycles. The molecular weight excluding hydrogens is 348 g/mol. The fourth-order valence-corrected chi connectivity index (χ4v) is 2.75. The van der Waals surface area contributed by atoms with Crippen LogP contribution in [0, 0.1) is 17.0 Å². The van der Waals surface area contributed by atoms with Crippen LogP contribution in [0.4, 0.5) is 23.0 Å². The Bertz CT molecular complexity index is 978. The zero-order valence-electron chi connectivity index (χ0n) is 15.3. The summed E-state index contributed by atoms with van der Waals surface area (Å²) in [6.45, 7) is 4.12. The lowest BCUT2D eigenvalue weighted by molar-refractivity contribution is -0.383. The highest BCUT2D eigenvalue weighted by Gasteiger charge is 2.24. The Morgan fingerprint density at radius 1 is 1.22 bits per heavy atom. The summed E-state index contributed by atoms with van der Waals surface area (Å²) in [6.07, 6.45) is 1.28. The number of benzene rings is 1. The van der Waals surface area contributed by atoms with Crippen LogP contribution >= 0.6 is 0 Å². The molecule has 2 heterocycles. The van der Waals surface area contributed by atoms with E-state index in [1.54, 1.807) is 13.2 Å².